The van der Waals surface area contributed by atoms with Gasteiger partial charge in [0, 0.05) is 13.0 Å². The van der Waals surface area contributed by atoms with Crippen LogP contribution in [0, 0.1) is 5.92 Å². The molecule has 0 bridgehead atoms. The molecule has 0 aliphatic carbocycles. The Morgan fingerprint density at radius 1 is 1.33 bits per heavy atom. The van der Waals surface area contributed by atoms with E-state index in [-0.39, 0.29) is 17.7 Å². The van der Waals surface area contributed by atoms with Gasteiger partial charge >= 0.3 is 0 Å². The van der Waals surface area contributed by atoms with Crippen LogP contribution in [-0.4, -0.2) is 13.0 Å². The lowest BCUT2D eigenvalue weighted by Gasteiger charge is -2.21. The minimum atomic E-state index is 0.0670. The van der Waals surface area contributed by atoms with Crippen LogP contribution in [0.1, 0.15) is 31.7 Å². The van der Waals surface area contributed by atoms with E-state index in [4.69, 9.17) is 0 Å². The van der Waals surface area contributed by atoms with Crippen molar-refractivity contribution >= 4 is 5.91 Å². The molecule has 0 heterocycles. The van der Waals surface area contributed by atoms with E-state index in [1.807, 2.05) is 18.2 Å². The third kappa shape index (κ3) is 2.82. The number of hydrogen-bond donors (Lipinski definition) is 1. The first kappa shape index (κ1) is 11.8. The van der Waals surface area contributed by atoms with Gasteiger partial charge in [0.25, 0.3) is 0 Å². The minimum Gasteiger partial charge on any atom is -0.359 e. The molecular formula is C13H19NO. The Bertz CT molecular complexity index is 308. The zero-order chi connectivity index (χ0) is 11.3. The average Bonchev–Trinajstić information content (AvgIpc) is 2.30. The van der Waals surface area contributed by atoms with Gasteiger partial charge in [-0.15, -0.1) is 0 Å². The highest BCUT2D eigenvalue weighted by Gasteiger charge is 2.23. The number of nitrogens with one attached hydrogen (secondary N) is 1. The number of benzene rings is 1. The molecule has 0 saturated heterocycles. The topological polar surface area (TPSA) is 29.1 Å². The van der Waals surface area contributed by atoms with Gasteiger partial charge in [0.1, 0.15) is 0 Å². The zero-order valence-corrected chi connectivity index (χ0v) is 9.66. The Labute approximate surface area is 91.7 Å². The maximum Gasteiger partial charge on any atom is 0.223 e. The van der Waals surface area contributed by atoms with E-state index >= 15 is 0 Å². The van der Waals surface area contributed by atoms with E-state index in [1.165, 1.54) is 5.56 Å². The Balaban J connectivity index is 2.82. The fraction of sp³-hybridized carbons (Fsp3) is 0.462. The van der Waals surface area contributed by atoms with E-state index in [0.29, 0.717) is 0 Å². The summed E-state index contributed by atoms with van der Waals surface area (Å²) >= 11 is 0. The summed E-state index contributed by atoms with van der Waals surface area (Å²) < 4.78 is 0. The lowest BCUT2D eigenvalue weighted by Crippen LogP contribution is -2.30. The number of carbonyl (C=O) groups excluding carboxylic acids is 1. The van der Waals surface area contributed by atoms with E-state index in [2.05, 4.69) is 31.3 Å². The first-order valence-corrected chi connectivity index (χ1v) is 5.47. The molecule has 0 aromatic heterocycles. The highest BCUT2D eigenvalue weighted by molar-refractivity contribution is 5.79. The van der Waals surface area contributed by atoms with Crippen LogP contribution in [-0.2, 0) is 4.79 Å². The van der Waals surface area contributed by atoms with Crippen LogP contribution in [0.3, 0.4) is 0 Å². The SMILES string of the molecule is CCC(C(=O)NC)C(C)c1ccccc1. The second-order valence-electron chi connectivity index (χ2n) is 3.83. The molecule has 2 atom stereocenters. The largest absolute Gasteiger partial charge is 0.359 e. The minimum absolute atomic E-state index is 0.0670. The van der Waals surface area contributed by atoms with Crippen molar-refractivity contribution in [2.75, 3.05) is 7.05 Å². The van der Waals surface area contributed by atoms with Crippen LogP contribution in [0.25, 0.3) is 0 Å². The fourth-order valence-electron chi connectivity index (χ4n) is 1.94. The van der Waals surface area contributed by atoms with Crippen molar-refractivity contribution in [2.24, 2.45) is 5.92 Å². The van der Waals surface area contributed by atoms with Gasteiger partial charge in [-0.1, -0.05) is 44.2 Å². The van der Waals surface area contributed by atoms with Gasteiger partial charge in [0.2, 0.25) is 5.91 Å². The van der Waals surface area contributed by atoms with E-state index < -0.39 is 0 Å². The molecule has 2 heteroatoms. The third-order valence-electron chi connectivity index (χ3n) is 2.95. The lowest BCUT2D eigenvalue weighted by atomic mass is 9.85. The molecule has 15 heavy (non-hydrogen) atoms. The molecule has 0 fully saturated rings. The molecule has 1 amide bonds. The highest BCUT2D eigenvalue weighted by Crippen LogP contribution is 2.26. The quantitative estimate of drug-likeness (QED) is 0.804. The number of hydrogen-bond acceptors (Lipinski definition) is 1. The smallest absolute Gasteiger partial charge is 0.223 e. The van der Waals surface area contributed by atoms with E-state index in [9.17, 15) is 4.79 Å². The monoisotopic (exact) mass is 205 g/mol. The molecule has 0 aliphatic heterocycles. The number of rotatable bonds is 4. The predicted molar refractivity (Wildman–Crippen MR) is 62.7 cm³/mol. The first-order valence-electron chi connectivity index (χ1n) is 5.47. The second-order valence-corrected chi connectivity index (χ2v) is 3.83. The maximum absolute atomic E-state index is 11.6. The molecule has 0 aliphatic rings. The zero-order valence-electron chi connectivity index (χ0n) is 9.66. The lowest BCUT2D eigenvalue weighted by molar-refractivity contribution is -0.125. The van der Waals surface area contributed by atoms with Gasteiger partial charge in [-0.05, 0) is 17.9 Å². The normalized spacial score (nSPS) is 14.3. The summed E-state index contributed by atoms with van der Waals surface area (Å²) in [6.07, 6.45) is 0.871. The fourth-order valence-corrected chi connectivity index (χ4v) is 1.94. The van der Waals surface area contributed by atoms with E-state index in [1.54, 1.807) is 7.05 Å². The Hall–Kier alpha value is -1.31. The molecule has 1 rings (SSSR count). The van der Waals surface area contributed by atoms with Gasteiger partial charge < -0.3 is 5.32 Å². The van der Waals surface area contributed by atoms with E-state index in [0.717, 1.165) is 6.42 Å². The molecule has 1 aromatic rings. The van der Waals surface area contributed by atoms with Crippen molar-refractivity contribution in [1.82, 2.24) is 5.32 Å². The van der Waals surface area contributed by atoms with Crippen molar-refractivity contribution < 1.29 is 4.79 Å². The average molecular weight is 205 g/mol. The summed E-state index contributed by atoms with van der Waals surface area (Å²) in [5.74, 6) is 0.474. The van der Waals surface area contributed by atoms with Crippen molar-refractivity contribution in [3.8, 4) is 0 Å². The van der Waals surface area contributed by atoms with Gasteiger partial charge in [-0.2, -0.15) is 0 Å². The van der Waals surface area contributed by atoms with Crippen molar-refractivity contribution in [1.29, 1.82) is 0 Å². The summed E-state index contributed by atoms with van der Waals surface area (Å²) in [6.45, 7) is 4.16. The maximum atomic E-state index is 11.6. The summed E-state index contributed by atoms with van der Waals surface area (Å²) in [5.41, 5.74) is 1.23. The summed E-state index contributed by atoms with van der Waals surface area (Å²) in [7, 11) is 1.70. The molecule has 0 radical (unpaired) electrons. The molecule has 0 spiro atoms. The molecular weight excluding hydrogens is 186 g/mol. The predicted octanol–water partition coefficient (Wildman–Crippen LogP) is 2.56. The summed E-state index contributed by atoms with van der Waals surface area (Å²) in [4.78, 5) is 11.6. The Morgan fingerprint density at radius 2 is 1.93 bits per heavy atom. The van der Waals surface area contributed by atoms with Gasteiger partial charge in [-0.3, -0.25) is 4.79 Å². The van der Waals surface area contributed by atoms with Gasteiger partial charge in [0.05, 0.1) is 0 Å². The van der Waals surface area contributed by atoms with Crippen LogP contribution in [0.4, 0.5) is 0 Å². The molecule has 1 aromatic carbocycles. The molecule has 0 saturated carbocycles. The number of amides is 1. The highest BCUT2D eigenvalue weighted by atomic mass is 16.1. The second kappa shape index (κ2) is 5.54. The molecule has 2 unspecified atom stereocenters. The Morgan fingerprint density at radius 3 is 2.40 bits per heavy atom. The standard InChI is InChI=1S/C13H19NO/c1-4-12(13(15)14-3)10(2)11-8-6-5-7-9-11/h5-10,12H,4H2,1-3H3,(H,14,15). The van der Waals surface area contributed by atoms with Crippen LogP contribution in [0.5, 0.6) is 0 Å². The van der Waals surface area contributed by atoms with Gasteiger partial charge in [0.15, 0.2) is 0 Å². The molecule has 82 valence electrons. The van der Waals surface area contributed by atoms with Crippen molar-refractivity contribution in [3.63, 3.8) is 0 Å². The van der Waals surface area contributed by atoms with Crippen LogP contribution >= 0.6 is 0 Å². The molecule has 1 N–H and O–H groups in total. The van der Waals surface area contributed by atoms with Gasteiger partial charge in [-0.25, -0.2) is 0 Å². The summed E-state index contributed by atoms with van der Waals surface area (Å²) in [5, 5.41) is 2.73. The van der Waals surface area contributed by atoms with Crippen molar-refractivity contribution in [2.45, 2.75) is 26.2 Å². The number of carbonyl (C=O) groups is 1. The van der Waals surface area contributed by atoms with Crippen molar-refractivity contribution in [3.05, 3.63) is 35.9 Å². The van der Waals surface area contributed by atoms with Crippen LogP contribution in [0.15, 0.2) is 30.3 Å². The summed E-state index contributed by atoms with van der Waals surface area (Å²) in [6, 6.07) is 10.2. The third-order valence-corrected chi connectivity index (χ3v) is 2.95. The van der Waals surface area contributed by atoms with Crippen LogP contribution < -0.4 is 5.32 Å². The first-order chi connectivity index (χ1) is 7.20. The van der Waals surface area contributed by atoms with Crippen LogP contribution in [0.2, 0.25) is 0 Å². The molecule has 2 nitrogen and oxygen atoms in total. The Kier molecular flexibility index (Phi) is 4.35.